The molecule has 68 valence electrons. The summed E-state index contributed by atoms with van der Waals surface area (Å²) in [6, 6.07) is 3.38. The van der Waals surface area contributed by atoms with Gasteiger partial charge in [-0.25, -0.2) is 4.79 Å². The molecule has 0 amide bonds. The second kappa shape index (κ2) is 3.26. The highest BCUT2D eigenvalue weighted by atomic mass is 16.4. The molecule has 13 heavy (non-hydrogen) atoms. The fourth-order valence-electron chi connectivity index (χ4n) is 0.964. The van der Waals surface area contributed by atoms with Gasteiger partial charge in [-0.2, -0.15) is 0 Å². The minimum absolute atomic E-state index is 0.0115. The van der Waals surface area contributed by atoms with Gasteiger partial charge < -0.3 is 10.2 Å². The van der Waals surface area contributed by atoms with Gasteiger partial charge >= 0.3 is 5.97 Å². The van der Waals surface area contributed by atoms with Gasteiger partial charge in [-0.15, -0.1) is 0 Å². The van der Waals surface area contributed by atoms with Crippen LogP contribution in [0.2, 0.25) is 0 Å². The van der Waals surface area contributed by atoms with E-state index in [0.29, 0.717) is 5.56 Å². The van der Waals surface area contributed by atoms with E-state index in [4.69, 9.17) is 10.2 Å². The van der Waals surface area contributed by atoms with Crippen molar-refractivity contribution in [2.45, 2.75) is 6.92 Å². The number of carboxylic acid groups (broad SMARTS) is 1. The van der Waals surface area contributed by atoms with Crippen molar-refractivity contribution in [3.05, 3.63) is 39.5 Å². The lowest BCUT2D eigenvalue weighted by atomic mass is 10.2. The number of carboxylic acids is 1. The van der Waals surface area contributed by atoms with Gasteiger partial charge in [0.05, 0.1) is 5.56 Å². The van der Waals surface area contributed by atoms with Crippen LogP contribution < -0.4 is 5.43 Å². The molecule has 0 bridgehead atoms. The normalized spacial score (nSPS) is 9.62. The van der Waals surface area contributed by atoms with E-state index in [2.05, 4.69) is 0 Å². The summed E-state index contributed by atoms with van der Waals surface area (Å²) in [5.74, 6) is -1.57. The molecule has 4 heteroatoms. The predicted molar refractivity (Wildman–Crippen MR) is 46.1 cm³/mol. The number of hydrogen-bond acceptors (Lipinski definition) is 3. The molecule has 0 saturated heterocycles. The molecule has 0 spiro atoms. The van der Waals surface area contributed by atoms with Crippen LogP contribution in [0.3, 0.4) is 0 Å². The summed E-state index contributed by atoms with van der Waals surface area (Å²) >= 11 is 0. The average Bonchev–Trinajstić information content (AvgIpc) is 2.13. The minimum atomic E-state index is -1.12. The standard InChI is InChI=1S/C9H8O4/c1-5-4-8(11)7(10)3-2-6(5)9(12)13/h2-4H,1H3,(H,10,11)(H,12,13). The minimum Gasteiger partial charge on any atom is -0.504 e. The number of aromatic hydroxyl groups is 1. The third kappa shape index (κ3) is 1.84. The lowest BCUT2D eigenvalue weighted by Crippen LogP contribution is -1.99. The molecular formula is C9H8O4. The number of hydrogen-bond donors (Lipinski definition) is 2. The Morgan fingerprint density at radius 1 is 1.38 bits per heavy atom. The Morgan fingerprint density at radius 2 is 2.00 bits per heavy atom. The fourth-order valence-corrected chi connectivity index (χ4v) is 0.964. The van der Waals surface area contributed by atoms with E-state index >= 15 is 0 Å². The monoisotopic (exact) mass is 180 g/mol. The molecule has 0 aliphatic heterocycles. The molecule has 0 aliphatic carbocycles. The Hall–Kier alpha value is -1.84. The lowest BCUT2D eigenvalue weighted by Gasteiger charge is -1.91. The molecule has 0 aromatic heterocycles. The van der Waals surface area contributed by atoms with Crippen molar-refractivity contribution in [3.63, 3.8) is 0 Å². The summed E-state index contributed by atoms with van der Waals surface area (Å²) in [5, 5.41) is 17.7. The first-order valence-electron chi connectivity index (χ1n) is 3.59. The van der Waals surface area contributed by atoms with Gasteiger partial charge in [0.15, 0.2) is 5.75 Å². The van der Waals surface area contributed by atoms with Gasteiger partial charge in [-0.1, -0.05) is 0 Å². The molecule has 2 N–H and O–H groups in total. The molecule has 1 aromatic carbocycles. The Bertz CT molecular complexity index is 409. The van der Waals surface area contributed by atoms with Crippen LogP contribution in [0.5, 0.6) is 5.75 Å². The fraction of sp³-hybridized carbons (Fsp3) is 0.111. The summed E-state index contributed by atoms with van der Waals surface area (Å²) < 4.78 is 0. The number of rotatable bonds is 1. The van der Waals surface area contributed by atoms with Gasteiger partial charge in [0.1, 0.15) is 0 Å². The second-order valence-corrected chi connectivity index (χ2v) is 2.63. The lowest BCUT2D eigenvalue weighted by molar-refractivity contribution is 0.0696. The van der Waals surface area contributed by atoms with Crippen molar-refractivity contribution in [3.8, 4) is 5.75 Å². The van der Waals surface area contributed by atoms with Crippen LogP contribution in [0.4, 0.5) is 0 Å². The smallest absolute Gasteiger partial charge is 0.335 e. The molecule has 0 fully saturated rings. The van der Waals surface area contributed by atoms with Gasteiger partial charge in [0.2, 0.25) is 5.43 Å². The molecule has 0 radical (unpaired) electrons. The Morgan fingerprint density at radius 3 is 2.54 bits per heavy atom. The highest BCUT2D eigenvalue weighted by Gasteiger charge is 2.06. The maximum absolute atomic E-state index is 11.0. The first-order valence-corrected chi connectivity index (χ1v) is 3.59. The largest absolute Gasteiger partial charge is 0.504 e. The quantitative estimate of drug-likeness (QED) is 0.669. The van der Waals surface area contributed by atoms with Crippen molar-refractivity contribution in [1.29, 1.82) is 0 Å². The van der Waals surface area contributed by atoms with E-state index in [9.17, 15) is 9.59 Å². The van der Waals surface area contributed by atoms with Crippen LogP contribution >= 0.6 is 0 Å². The average molecular weight is 180 g/mol. The molecule has 0 unspecified atom stereocenters. The zero-order valence-corrected chi connectivity index (χ0v) is 6.94. The molecule has 0 atom stereocenters. The van der Waals surface area contributed by atoms with Gasteiger partial charge in [0.25, 0.3) is 0 Å². The summed E-state index contributed by atoms with van der Waals surface area (Å²) in [7, 11) is 0. The molecule has 0 heterocycles. The molecule has 0 saturated carbocycles. The highest BCUT2D eigenvalue weighted by molar-refractivity contribution is 5.89. The van der Waals surface area contributed by atoms with Crippen molar-refractivity contribution < 1.29 is 15.0 Å². The van der Waals surface area contributed by atoms with Gasteiger partial charge in [-0.05, 0) is 30.7 Å². The SMILES string of the molecule is Cc1cc(=O)c(O)ccc1C(=O)O. The topological polar surface area (TPSA) is 74.6 Å². The van der Waals surface area contributed by atoms with E-state index in [1.165, 1.54) is 13.0 Å². The van der Waals surface area contributed by atoms with Crippen molar-refractivity contribution in [2.75, 3.05) is 0 Å². The maximum Gasteiger partial charge on any atom is 0.335 e. The van der Waals surface area contributed by atoms with Crippen LogP contribution in [0.15, 0.2) is 23.0 Å². The number of aromatic carboxylic acids is 1. The van der Waals surface area contributed by atoms with E-state index in [0.717, 1.165) is 12.1 Å². The van der Waals surface area contributed by atoms with Gasteiger partial charge in [0, 0.05) is 0 Å². The summed E-state index contributed by atoms with van der Waals surface area (Å²) in [6.07, 6.45) is 0. The Kier molecular flexibility index (Phi) is 2.32. The Labute approximate surface area is 74.1 Å². The summed E-state index contributed by atoms with van der Waals surface area (Å²) in [6.45, 7) is 1.50. The number of carbonyl (C=O) groups is 1. The van der Waals surface area contributed by atoms with Gasteiger partial charge in [-0.3, -0.25) is 4.79 Å². The van der Waals surface area contributed by atoms with E-state index in [1.54, 1.807) is 0 Å². The number of aryl methyl sites for hydroxylation is 1. The summed E-state index contributed by atoms with van der Waals surface area (Å²) in [4.78, 5) is 21.6. The van der Waals surface area contributed by atoms with Crippen molar-refractivity contribution >= 4 is 5.97 Å². The second-order valence-electron chi connectivity index (χ2n) is 2.63. The molecule has 0 aliphatic rings. The third-order valence-corrected chi connectivity index (χ3v) is 1.66. The van der Waals surface area contributed by atoms with E-state index in [-0.39, 0.29) is 5.56 Å². The maximum atomic E-state index is 11.0. The van der Waals surface area contributed by atoms with E-state index < -0.39 is 17.1 Å². The molecular weight excluding hydrogens is 172 g/mol. The zero-order chi connectivity index (χ0) is 10.0. The predicted octanol–water partition coefficient (Wildman–Crippen LogP) is 0.759. The van der Waals surface area contributed by atoms with Crippen LogP contribution in [0.25, 0.3) is 0 Å². The van der Waals surface area contributed by atoms with Crippen LogP contribution in [-0.2, 0) is 0 Å². The molecule has 1 aromatic rings. The first kappa shape index (κ1) is 9.25. The molecule has 1 rings (SSSR count). The van der Waals surface area contributed by atoms with Crippen LogP contribution in [0, 0.1) is 6.92 Å². The van der Waals surface area contributed by atoms with Crippen LogP contribution in [0.1, 0.15) is 15.9 Å². The van der Waals surface area contributed by atoms with E-state index in [1.807, 2.05) is 0 Å². The molecule has 4 nitrogen and oxygen atoms in total. The first-order chi connectivity index (χ1) is 6.02. The van der Waals surface area contributed by atoms with Crippen molar-refractivity contribution in [2.24, 2.45) is 0 Å². The third-order valence-electron chi connectivity index (χ3n) is 1.66. The zero-order valence-electron chi connectivity index (χ0n) is 6.94. The summed E-state index contributed by atoms with van der Waals surface area (Å²) in [5.41, 5.74) is -0.236. The van der Waals surface area contributed by atoms with Crippen LogP contribution in [-0.4, -0.2) is 16.2 Å². The highest BCUT2D eigenvalue weighted by Crippen LogP contribution is 2.07. The Balaban J connectivity index is 3.54. The van der Waals surface area contributed by atoms with Crippen molar-refractivity contribution in [1.82, 2.24) is 0 Å².